The van der Waals surface area contributed by atoms with Gasteiger partial charge in [0.1, 0.15) is 0 Å². The summed E-state index contributed by atoms with van der Waals surface area (Å²) in [6.45, 7) is 7.75. The molecule has 0 bridgehead atoms. The van der Waals surface area contributed by atoms with Gasteiger partial charge in [0.2, 0.25) is 5.91 Å². The number of rotatable bonds is 8. The van der Waals surface area contributed by atoms with Gasteiger partial charge >= 0.3 is 6.18 Å². The minimum absolute atomic E-state index is 0.192. The Morgan fingerprint density at radius 3 is 2.15 bits per heavy atom. The molecule has 0 N–H and O–H groups in total. The SMILES string of the molecule is CC(C)CC(=O)N1CCN(CC(OCc2ccc(C(F)(F)F)cc2)c2ccc(Cl)cc2)CC1. The fourth-order valence-electron chi connectivity index (χ4n) is 3.81. The van der Waals surface area contributed by atoms with Crippen LogP contribution in [0.15, 0.2) is 48.5 Å². The largest absolute Gasteiger partial charge is 0.416 e. The third-order valence-electron chi connectivity index (χ3n) is 5.71. The molecule has 0 spiro atoms. The van der Waals surface area contributed by atoms with Gasteiger partial charge in [-0.2, -0.15) is 13.2 Å². The van der Waals surface area contributed by atoms with Crippen LogP contribution in [0.2, 0.25) is 5.02 Å². The molecule has 1 amide bonds. The molecule has 3 rings (SSSR count). The summed E-state index contributed by atoms with van der Waals surface area (Å²) in [5.74, 6) is 0.529. The molecule has 1 unspecified atom stereocenters. The van der Waals surface area contributed by atoms with Crippen molar-refractivity contribution in [3.8, 4) is 0 Å². The lowest BCUT2D eigenvalue weighted by Crippen LogP contribution is -2.49. The zero-order valence-electron chi connectivity index (χ0n) is 18.9. The third-order valence-corrected chi connectivity index (χ3v) is 5.96. The predicted octanol–water partition coefficient (Wildman–Crippen LogP) is 5.81. The van der Waals surface area contributed by atoms with Crippen molar-refractivity contribution in [1.29, 1.82) is 0 Å². The average Bonchev–Trinajstić information content (AvgIpc) is 2.77. The van der Waals surface area contributed by atoms with Crippen molar-refractivity contribution in [1.82, 2.24) is 9.80 Å². The van der Waals surface area contributed by atoms with Crippen molar-refractivity contribution >= 4 is 17.5 Å². The van der Waals surface area contributed by atoms with Crippen LogP contribution < -0.4 is 0 Å². The number of piperazine rings is 1. The molecule has 33 heavy (non-hydrogen) atoms. The Morgan fingerprint density at radius 1 is 1.00 bits per heavy atom. The molecule has 1 aliphatic rings. The van der Waals surface area contributed by atoms with Crippen LogP contribution in [0.3, 0.4) is 0 Å². The van der Waals surface area contributed by atoms with E-state index in [2.05, 4.69) is 4.90 Å². The van der Waals surface area contributed by atoms with Crippen LogP contribution in [-0.4, -0.2) is 48.4 Å². The summed E-state index contributed by atoms with van der Waals surface area (Å²) in [5, 5.41) is 0.623. The summed E-state index contributed by atoms with van der Waals surface area (Å²) in [4.78, 5) is 16.5. The number of halogens is 4. The second-order valence-corrected chi connectivity index (χ2v) is 9.26. The molecule has 2 aromatic rings. The monoisotopic (exact) mass is 482 g/mol. The molecule has 4 nitrogen and oxygen atoms in total. The number of carbonyl (C=O) groups is 1. The number of benzene rings is 2. The highest BCUT2D eigenvalue weighted by Gasteiger charge is 2.30. The van der Waals surface area contributed by atoms with Gasteiger partial charge in [-0.15, -0.1) is 0 Å². The molecule has 1 atom stereocenters. The van der Waals surface area contributed by atoms with Crippen molar-refractivity contribution in [3.63, 3.8) is 0 Å². The number of amides is 1. The van der Waals surface area contributed by atoms with E-state index in [1.54, 1.807) is 12.1 Å². The van der Waals surface area contributed by atoms with Crippen LogP contribution in [0.25, 0.3) is 0 Å². The van der Waals surface area contributed by atoms with Gasteiger partial charge in [0.15, 0.2) is 0 Å². The van der Waals surface area contributed by atoms with Gasteiger partial charge in [0, 0.05) is 44.2 Å². The number of ether oxygens (including phenoxy) is 1. The Morgan fingerprint density at radius 2 is 1.61 bits per heavy atom. The molecular weight excluding hydrogens is 453 g/mol. The zero-order valence-corrected chi connectivity index (χ0v) is 19.7. The molecule has 0 saturated carbocycles. The molecule has 1 aliphatic heterocycles. The lowest BCUT2D eigenvalue weighted by atomic mass is 10.1. The third kappa shape index (κ3) is 7.73. The Balaban J connectivity index is 1.62. The fraction of sp³-hybridized carbons (Fsp3) is 0.480. The first-order valence-electron chi connectivity index (χ1n) is 11.1. The van der Waals surface area contributed by atoms with E-state index in [9.17, 15) is 18.0 Å². The van der Waals surface area contributed by atoms with Crippen LogP contribution in [0, 0.1) is 5.92 Å². The standard InChI is InChI=1S/C25H30ClF3N2O2/c1-18(2)15-24(32)31-13-11-30(12-14-31)16-23(20-5-9-22(26)10-6-20)33-17-19-3-7-21(8-4-19)25(27,28)29/h3-10,18,23H,11-17H2,1-2H3. The van der Waals surface area contributed by atoms with E-state index in [1.165, 1.54) is 12.1 Å². The van der Waals surface area contributed by atoms with Gasteiger partial charge in [-0.05, 0) is 41.3 Å². The topological polar surface area (TPSA) is 32.8 Å². The maximum Gasteiger partial charge on any atom is 0.416 e. The normalized spacial score (nSPS) is 16.3. The van der Waals surface area contributed by atoms with Crippen molar-refractivity contribution in [2.24, 2.45) is 5.92 Å². The predicted molar refractivity (Wildman–Crippen MR) is 123 cm³/mol. The first kappa shape index (κ1) is 25.5. The molecule has 1 fully saturated rings. The minimum Gasteiger partial charge on any atom is -0.368 e. The highest BCUT2D eigenvalue weighted by molar-refractivity contribution is 6.30. The van der Waals surface area contributed by atoms with Crippen LogP contribution in [-0.2, 0) is 22.3 Å². The maximum absolute atomic E-state index is 12.8. The number of hydrogen-bond donors (Lipinski definition) is 0. The molecule has 0 aliphatic carbocycles. The smallest absolute Gasteiger partial charge is 0.368 e. The lowest BCUT2D eigenvalue weighted by Gasteiger charge is -2.36. The Labute approximate surface area is 198 Å². The lowest BCUT2D eigenvalue weighted by molar-refractivity contribution is -0.137. The molecule has 1 heterocycles. The highest BCUT2D eigenvalue weighted by Crippen LogP contribution is 2.30. The van der Waals surface area contributed by atoms with Crippen molar-refractivity contribution in [3.05, 3.63) is 70.2 Å². The minimum atomic E-state index is -4.36. The van der Waals surface area contributed by atoms with Crippen LogP contribution >= 0.6 is 11.6 Å². The highest BCUT2D eigenvalue weighted by atomic mass is 35.5. The summed E-state index contributed by atoms with van der Waals surface area (Å²) in [6.07, 6.45) is -4.07. The van der Waals surface area contributed by atoms with E-state index in [0.29, 0.717) is 42.6 Å². The number of alkyl halides is 3. The van der Waals surface area contributed by atoms with Crippen molar-refractivity contribution < 1.29 is 22.7 Å². The van der Waals surface area contributed by atoms with E-state index >= 15 is 0 Å². The molecule has 1 saturated heterocycles. The summed E-state index contributed by atoms with van der Waals surface area (Å²) in [5.41, 5.74) is 0.945. The first-order chi connectivity index (χ1) is 15.6. The van der Waals surface area contributed by atoms with E-state index in [1.807, 2.05) is 30.9 Å². The summed E-state index contributed by atoms with van der Waals surface area (Å²) < 4.78 is 44.6. The maximum atomic E-state index is 12.8. The van der Waals surface area contributed by atoms with E-state index in [-0.39, 0.29) is 18.6 Å². The molecule has 0 radical (unpaired) electrons. The number of carbonyl (C=O) groups excluding carboxylic acids is 1. The van der Waals surface area contributed by atoms with Gasteiger partial charge in [0.05, 0.1) is 18.3 Å². The van der Waals surface area contributed by atoms with E-state index < -0.39 is 11.7 Å². The van der Waals surface area contributed by atoms with Crippen LogP contribution in [0.5, 0.6) is 0 Å². The molecule has 0 aromatic heterocycles. The number of nitrogens with zero attached hydrogens (tertiary/aromatic N) is 2. The molecular formula is C25H30ClF3N2O2. The Bertz CT molecular complexity index is 893. The number of hydrogen-bond acceptors (Lipinski definition) is 3. The quantitative estimate of drug-likeness (QED) is 0.476. The molecule has 2 aromatic carbocycles. The summed E-state index contributed by atoms with van der Waals surface area (Å²) in [6, 6.07) is 12.4. The van der Waals surface area contributed by atoms with Gasteiger partial charge in [-0.3, -0.25) is 9.69 Å². The summed E-state index contributed by atoms with van der Waals surface area (Å²) >= 11 is 6.03. The molecule has 180 valence electrons. The van der Waals surface area contributed by atoms with Crippen LogP contribution in [0.1, 0.15) is 43.1 Å². The molecule has 8 heteroatoms. The van der Waals surface area contributed by atoms with Crippen molar-refractivity contribution in [2.75, 3.05) is 32.7 Å². The van der Waals surface area contributed by atoms with Gasteiger partial charge < -0.3 is 9.64 Å². The van der Waals surface area contributed by atoms with Gasteiger partial charge in [-0.25, -0.2) is 0 Å². The van der Waals surface area contributed by atoms with Crippen molar-refractivity contribution in [2.45, 2.75) is 39.2 Å². The van der Waals surface area contributed by atoms with Gasteiger partial charge in [0.25, 0.3) is 0 Å². The van der Waals surface area contributed by atoms with E-state index in [0.717, 1.165) is 30.8 Å². The second kappa shape index (κ2) is 11.4. The second-order valence-electron chi connectivity index (χ2n) is 8.83. The summed E-state index contributed by atoms with van der Waals surface area (Å²) in [7, 11) is 0. The average molecular weight is 483 g/mol. The van der Waals surface area contributed by atoms with Crippen LogP contribution in [0.4, 0.5) is 13.2 Å². The fourth-order valence-corrected chi connectivity index (χ4v) is 3.94. The Hall–Kier alpha value is -2.09. The van der Waals surface area contributed by atoms with Gasteiger partial charge in [-0.1, -0.05) is 49.7 Å². The zero-order chi connectivity index (χ0) is 24.0. The Kier molecular flexibility index (Phi) is 8.79. The van der Waals surface area contributed by atoms with E-state index in [4.69, 9.17) is 16.3 Å². The first-order valence-corrected chi connectivity index (χ1v) is 11.5.